The van der Waals surface area contributed by atoms with Gasteiger partial charge in [-0.25, -0.2) is 4.39 Å². The quantitative estimate of drug-likeness (QED) is 0.431. The Morgan fingerprint density at radius 1 is 1.07 bits per heavy atom. The van der Waals surface area contributed by atoms with Crippen molar-refractivity contribution >= 4 is 44.9 Å². The Morgan fingerprint density at radius 2 is 1.82 bits per heavy atom. The third kappa shape index (κ3) is 5.21. The number of halogens is 2. The molecule has 0 fully saturated rings. The van der Waals surface area contributed by atoms with Gasteiger partial charge in [0, 0.05) is 16.5 Å². The number of rotatable bonds is 8. The molecule has 0 saturated carbocycles. The maximum Gasteiger partial charge on any atom is 0.325 e. The first-order valence-corrected chi connectivity index (χ1v) is 9.73. The van der Waals surface area contributed by atoms with Gasteiger partial charge in [0.05, 0.1) is 18.2 Å². The third-order valence-corrected chi connectivity index (χ3v) is 5.44. The van der Waals surface area contributed by atoms with E-state index in [4.69, 9.17) is 21.1 Å². The molecule has 2 aromatic carbocycles. The van der Waals surface area contributed by atoms with Gasteiger partial charge in [-0.2, -0.15) is 0 Å². The monoisotopic (exact) mass is 421 g/mol. The molecular weight excluding hydrogens is 405 g/mol. The number of amides is 1. The molecule has 0 radical (unpaired) electrons. The van der Waals surface area contributed by atoms with Crippen molar-refractivity contribution in [1.82, 2.24) is 5.32 Å². The van der Waals surface area contributed by atoms with Crippen LogP contribution in [0.5, 0.6) is 5.75 Å². The maximum absolute atomic E-state index is 12.8. The minimum Gasteiger partial charge on any atom is -0.493 e. The van der Waals surface area contributed by atoms with Crippen LogP contribution in [0.15, 0.2) is 48.5 Å². The zero-order chi connectivity index (χ0) is 19.9. The van der Waals surface area contributed by atoms with Crippen LogP contribution in [0, 0.1) is 5.82 Å². The molecule has 0 aliphatic rings. The fourth-order valence-electron chi connectivity index (χ4n) is 2.41. The molecule has 1 N–H and O–H groups in total. The zero-order valence-electron chi connectivity index (χ0n) is 14.7. The van der Waals surface area contributed by atoms with Crippen LogP contribution in [0.2, 0.25) is 5.02 Å². The van der Waals surface area contributed by atoms with Crippen molar-refractivity contribution in [2.75, 3.05) is 19.8 Å². The van der Waals surface area contributed by atoms with Crippen molar-refractivity contribution in [3.8, 4) is 5.75 Å². The van der Waals surface area contributed by atoms with Crippen LogP contribution in [0.1, 0.15) is 16.1 Å². The van der Waals surface area contributed by atoms with E-state index < -0.39 is 11.9 Å². The van der Waals surface area contributed by atoms with E-state index in [0.717, 1.165) is 10.1 Å². The van der Waals surface area contributed by atoms with Crippen LogP contribution >= 0.6 is 22.9 Å². The highest BCUT2D eigenvalue weighted by atomic mass is 35.5. The summed E-state index contributed by atoms with van der Waals surface area (Å²) in [6.07, 6.45) is 0.471. The van der Waals surface area contributed by atoms with Gasteiger partial charge in [-0.15, -0.1) is 11.3 Å². The van der Waals surface area contributed by atoms with Crippen molar-refractivity contribution in [2.24, 2.45) is 0 Å². The van der Waals surface area contributed by atoms with Gasteiger partial charge < -0.3 is 14.8 Å². The first-order valence-electron chi connectivity index (χ1n) is 8.54. The number of thiophene rings is 1. The Bertz CT molecular complexity index is 974. The molecule has 1 heterocycles. The van der Waals surface area contributed by atoms with E-state index >= 15 is 0 Å². The number of hydrogen-bond acceptors (Lipinski definition) is 5. The summed E-state index contributed by atoms with van der Waals surface area (Å²) >= 11 is 7.51. The number of benzene rings is 2. The standard InChI is InChI=1S/C20H17ClFNO4S/c21-18-15-4-1-2-5-16(15)28-19(18)20(25)23-12-17(24)27-11-3-10-26-14-8-6-13(22)7-9-14/h1-2,4-9H,3,10-12H2,(H,23,25). The summed E-state index contributed by atoms with van der Waals surface area (Å²) in [6, 6.07) is 13.1. The number of fused-ring (bicyclic) bond motifs is 1. The summed E-state index contributed by atoms with van der Waals surface area (Å²) in [5.41, 5.74) is 0. The summed E-state index contributed by atoms with van der Waals surface area (Å²) in [5.74, 6) is -0.754. The van der Waals surface area contributed by atoms with E-state index in [1.54, 1.807) is 0 Å². The molecule has 0 aliphatic carbocycles. The lowest BCUT2D eigenvalue weighted by molar-refractivity contribution is -0.142. The SMILES string of the molecule is O=C(CNC(=O)c1sc2ccccc2c1Cl)OCCCOc1ccc(F)cc1. The largest absolute Gasteiger partial charge is 0.493 e. The molecule has 146 valence electrons. The van der Waals surface area contributed by atoms with E-state index in [1.807, 2.05) is 24.3 Å². The summed E-state index contributed by atoms with van der Waals surface area (Å²) in [4.78, 5) is 24.4. The molecule has 0 spiro atoms. The van der Waals surface area contributed by atoms with E-state index in [1.165, 1.54) is 35.6 Å². The summed E-state index contributed by atoms with van der Waals surface area (Å²) in [7, 11) is 0. The van der Waals surface area contributed by atoms with Gasteiger partial charge in [-0.3, -0.25) is 9.59 Å². The second-order valence-electron chi connectivity index (χ2n) is 5.80. The maximum atomic E-state index is 12.8. The molecule has 8 heteroatoms. The lowest BCUT2D eigenvalue weighted by Gasteiger charge is -2.08. The molecule has 3 rings (SSSR count). The third-order valence-electron chi connectivity index (χ3n) is 3.77. The summed E-state index contributed by atoms with van der Waals surface area (Å²) < 4.78 is 24.1. The van der Waals surface area contributed by atoms with Crippen LogP contribution < -0.4 is 10.1 Å². The molecular formula is C20H17ClFNO4S. The summed E-state index contributed by atoms with van der Waals surface area (Å²) in [6.45, 7) is 0.227. The summed E-state index contributed by atoms with van der Waals surface area (Å²) in [5, 5.41) is 3.71. The molecule has 1 aromatic heterocycles. The molecule has 3 aromatic rings. The molecule has 28 heavy (non-hydrogen) atoms. The van der Waals surface area contributed by atoms with Crippen molar-refractivity contribution in [1.29, 1.82) is 0 Å². The Hall–Kier alpha value is -2.64. The molecule has 0 bridgehead atoms. The number of ether oxygens (including phenoxy) is 2. The van der Waals surface area contributed by atoms with Crippen molar-refractivity contribution in [3.63, 3.8) is 0 Å². The minimum atomic E-state index is -0.549. The topological polar surface area (TPSA) is 64.6 Å². The lowest BCUT2D eigenvalue weighted by atomic mass is 10.2. The molecule has 0 saturated heterocycles. The van der Waals surface area contributed by atoms with Gasteiger partial charge in [0.25, 0.3) is 5.91 Å². The normalized spacial score (nSPS) is 10.6. The highest BCUT2D eigenvalue weighted by Crippen LogP contribution is 2.34. The fraction of sp³-hybridized carbons (Fsp3) is 0.200. The van der Waals surface area contributed by atoms with Gasteiger partial charge in [0.2, 0.25) is 0 Å². The van der Waals surface area contributed by atoms with Gasteiger partial charge in [0.1, 0.15) is 23.0 Å². The molecule has 5 nitrogen and oxygen atoms in total. The fourth-order valence-corrected chi connectivity index (χ4v) is 3.84. The van der Waals surface area contributed by atoms with Gasteiger partial charge >= 0.3 is 5.97 Å². The second-order valence-corrected chi connectivity index (χ2v) is 7.23. The Kier molecular flexibility index (Phi) is 6.84. The Morgan fingerprint density at radius 3 is 2.57 bits per heavy atom. The molecule has 0 unspecified atom stereocenters. The van der Waals surface area contributed by atoms with Gasteiger partial charge in [-0.1, -0.05) is 29.8 Å². The number of esters is 1. The average Bonchev–Trinajstić information content (AvgIpc) is 3.04. The van der Waals surface area contributed by atoms with Gasteiger partial charge in [-0.05, 0) is 30.3 Å². The highest BCUT2D eigenvalue weighted by molar-refractivity contribution is 7.21. The predicted octanol–water partition coefficient (Wildman–Crippen LogP) is 4.44. The minimum absolute atomic E-state index is 0.152. The van der Waals surface area contributed by atoms with Crippen LogP contribution in [0.3, 0.4) is 0 Å². The Balaban J connectivity index is 1.37. The van der Waals surface area contributed by atoms with E-state index in [2.05, 4.69) is 5.32 Å². The van der Waals surface area contributed by atoms with Crippen molar-refractivity contribution in [2.45, 2.75) is 6.42 Å². The van der Waals surface area contributed by atoms with Crippen molar-refractivity contribution in [3.05, 3.63) is 64.2 Å². The van der Waals surface area contributed by atoms with Crippen LogP contribution in [-0.4, -0.2) is 31.6 Å². The number of hydrogen-bond donors (Lipinski definition) is 1. The van der Waals surface area contributed by atoms with Crippen LogP contribution in [0.4, 0.5) is 4.39 Å². The number of carbonyl (C=O) groups excluding carboxylic acids is 2. The lowest BCUT2D eigenvalue weighted by Crippen LogP contribution is -2.30. The number of nitrogens with one attached hydrogen (secondary N) is 1. The number of carbonyl (C=O) groups is 2. The first kappa shape index (κ1) is 20.1. The zero-order valence-corrected chi connectivity index (χ0v) is 16.3. The Labute approximate surface area is 170 Å². The van der Waals surface area contributed by atoms with Crippen LogP contribution in [-0.2, 0) is 9.53 Å². The molecule has 1 amide bonds. The average molecular weight is 422 g/mol. The van der Waals surface area contributed by atoms with Crippen LogP contribution in [0.25, 0.3) is 10.1 Å². The van der Waals surface area contributed by atoms with E-state index in [-0.39, 0.29) is 19.0 Å². The highest BCUT2D eigenvalue weighted by Gasteiger charge is 2.17. The van der Waals surface area contributed by atoms with Crippen molar-refractivity contribution < 1.29 is 23.5 Å². The smallest absolute Gasteiger partial charge is 0.325 e. The molecule has 0 atom stereocenters. The second kappa shape index (κ2) is 9.52. The van der Waals surface area contributed by atoms with Gasteiger partial charge in [0.15, 0.2) is 0 Å². The van der Waals surface area contributed by atoms with E-state index in [0.29, 0.717) is 28.7 Å². The predicted molar refractivity (Wildman–Crippen MR) is 107 cm³/mol. The first-order chi connectivity index (χ1) is 13.5. The van der Waals surface area contributed by atoms with E-state index in [9.17, 15) is 14.0 Å². The molecule has 0 aliphatic heterocycles.